The zero-order chi connectivity index (χ0) is 10.9. The standard InChI is InChI=1S/C8H14N4O2/c1-8(2,3)14-6(13)5-10-7(9)12(4)11-5/h1-4H3,(H2,9,10,11). The van der Waals surface area contributed by atoms with E-state index in [0.29, 0.717) is 0 Å². The van der Waals surface area contributed by atoms with Gasteiger partial charge < -0.3 is 10.5 Å². The van der Waals surface area contributed by atoms with Crippen molar-refractivity contribution in [1.29, 1.82) is 0 Å². The van der Waals surface area contributed by atoms with Gasteiger partial charge in [0, 0.05) is 7.05 Å². The third-order valence-corrected chi connectivity index (χ3v) is 1.38. The summed E-state index contributed by atoms with van der Waals surface area (Å²) in [5, 5.41) is 3.80. The van der Waals surface area contributed by atoms with Crippen LogP contribution in [0.3, 0.4) is 0 Å². The molecule has 0 saturated heterocycles. The summed E-state index contributed by atoms with van der Waals surface area (Å²) in [4.78, 5) is 15.2. The summed E-state index contributed by atoms with van der Waals surface area (Å²) in [6.07, 6.45) is 0. The molecule has 0 aliphatic carbocycles. The molecule has 0 spiro atoms. The van der Waals surface area contributed by atoms with Gasteiger partial charge in [-0.25, -0.2) is 9.48 Å². The number of nitrogen functional groups attached to an aromatic ring is 1. The molecule has 0 aliphatic rings. The van der Waals surface area contributed by atoms with E-state index in [1.165, 1.54) is 4.68 Å². The van der Waals surface area contributed by atoms with Crippen LogP contribution in [0.15, 0.2) is 0 Å². The minimum Gasteiger partial charge on any atom is -0.454 e. The van der Waals surface area contributed by atoms with Crippen LogP contribution < -0.4 is 5.73 Å². The maximum atomic E-state index is 11.4. The Morgan fingerprint density at radius 1 is 1.50 bits per heavy atom. The molecule has 0 unspecified atom stereocenters. The first-order chi connectivity index (χ1) is 6.29. The first-order valence-corrected chi connectivity index (χ1v) is 4.19. The van der Waals surface area contributed by atoms with Crippen LogP contribution in [0, 0.1) is 0 Å². The molecule has 0 atom stereocenters. The van der Waals surface area contributed by atoms with Crippen molar-refractivity contribution in [2.24, 2.45) is 7.05 Å². The minimum absolute atomic E-state index is 0.0140. The van der Waals surface area contributed by atoms with E-state index in [2.05, 4.69) is 10.1 Å². The molecule has 6 nitrogen and oxygen atoms in total. The van der Waals surface area contributed by atoms with E-state index < -0.39 is 11.6 Å². The van der Waals surface area contributed by atoms with Crippen LogP contribution in [-0.4, -0.2) is 26.3 Å². The largest absolute Gasteiger partial charge is 0.454 e. The summed E-state index contributed by atoms with van der Waals surface area (Å²) in [6.45, 7) is 5.32. The Morgan fingerprint density at radius 3 is 2.43 bits per heavy atom. The van der Waals surface area contributed by atoms with Gasteiger partial charge in [0.05, 0.1) is 0 Å². The SMILES string of the molecule is Cn1nc(C(=O)OC(C)(C)C)nc1N. The van der Waals surface area contributed by atoms with Gasteiger partial charge in [-0.2, -0.15) is 4.98 Å². The molecule has 0 radical (unpaired) electrons. The monoisotopic (exact) mass is 198 g/mol. The van der Waals surface area contributed by atoms with Gasteiger partial charge in [0.1, 0.15) is 5.60 Å². The number of ether oxygens (including phenoxy) is 1. The maximum absolute atomic E-state index is 11.4. The highest BCUT2D eigenvalue weighted by molar-refractivity contribution is 5.85. The average Bonchev–Trinajstić information content (AvgIpc) is 2.28. The number of nitrogens with two attached hydrogens (primary N) is 1. The highest BCUT2D eigenvalue weighted by atomic mass is 16.6. The van der Waals surface area contributed by atoms with Gasteiger partial charge in [0.25, 0.3) is 5.82 Å². The van der Waals surface area contributed by atoms with Crippen molar-refractivity contribution in [3.05, 3.63) is 5.82 Å². The fraction of sp³-hybridized carbons (Fsp3) is 0.625. The van der Waals surface area contributed by atoms with E-state index in [0.717, 1.165) is 0 Å². The van der Waals surface area contributed by atoms with E-state index >= 15 is 0 Å². The normalized spacial score (nSPS) is 11.4. The molecule has 1 rings (SSSR count). The second-order valence-corrected chi connectivity index (χ2v) is 3.92. The predicted octanol–water partition coefficient (Wildman–Crippen LogP) is 0.353. The Kier molecular flexibility index (Phi) is 2.46. The van der Waals surface area contributed by atoms with Crippen LogP contribution in [0.2, 0.25) is 0 Å². The van der Waals surface area contributed by atoms with E-state index in [-0.39, 0.29) is 11.8 Å². The van der Waals surface area contributed by atoms with Crippen LogP contribution >= 0.6 is 0 Å². The van der Waals surface area contributed by atoms with Crippen molar-refractivity contribution in [3.63, 3.8) is 0 Å². The van der Waals surface area contributed by atoms with Crippen LogP contribution in [-0.2, 0) is 11.8 Å². The van der Waals surface area contributed by atoms with Crippen molar-refractivity contribution in [1.82, 2.24) is 14.8 Å². The van der Waals surface area contributed by atoms with E-state index in [1.807, 2.05) is 0 Å². The third kappa shape index (κ3) is 2.45. The number of carbonyl (C=O) groups excluding carboxylic acids is 1. The molecule has 0 fully saturated rings. The lowest BCUT2D eigenvalue weighted by atomic mass is 10.2. The molecule has 1 aromatic heterocycles. The number of nitrogens with zero attached hydrogens (tertiary/aromatic N) is 3. The Hall–Kier alpha value is -1.59. The second-order valence-electron chi connectivity index (χ2n) is 3.92. The lowest BCUT2D eigenvalue weighted by Crippen LogP contribution is -2.24. The number of hydrogen-bond donors (Lipinski definition) is 1. The second kappa shape index (κ2) is 3.28. The third-order valence-electron chi connectivity index (χ3n) is 1.38. The number of esters is 1. The van der Waals surface area contributed by atoms with Crippen molar-refractivity contribution in [3.8, 4) is 0 Å². The molecule has 2 N–H and O–H groups in total. The number of aromatic nitrogens is 3. The van der Waals surface area contributed by atoms with Crippen molar-refractivity contribution in [2.45, 2.75) is 26.4 Å². The van der Waals surface area contributed by atoms with E-state index in [9.17, 15) is 4.79 Å². The van der Waals surface area contributed by atoms with Gasteiger partial charge in [-0.3, -0.25) is 0 Å². The molecule has 78 valence electrons. The van der Waals surface area contributed by atoms with Gasteiger partial charge in [0.2, 0.25) is 5.95 Å². The van der Waals surface area contributed by atoms with E-state index in [1.54, 1.807) is 27.8 Å². The fourth-order valence-electron chi connectivity index (χ4n) is 0.807. The lowest BCUT2D eigenvalue weighted by Gasteiger charge is -2.17. The molecule has 1 aromatic rings. The number of aryl methyl sites for hydroxylation is 1. The molecule has 0 aromatic carbocycles. The quantitative estimate of drug-likeness (QED) is 0.658. The van der Waals surface area contributed by atoms with Crippen LogP contribution in [0.4, 0.5) is 5.95 Å². The number of anilines is 1. The number of carbonyl (C=O) groups is 1. The minimum atomic E-state index is -0.565. The molecule has 0 saturated carbocycles. The van der Waals surface area contributed by atoms with Crippen LogP contribution in [0.5, 0.6) is 0 Å². The molecule has 0 amide bonds. The molecule has 0 bridgehead atoms. The van der Waals surface area contributed by atoms with E-state index in [4.69, 9.17) is 10.5 Å². The maximum Gasteiger partial charge on any atom is 0.378 e. The Bertz CT molecular complexity index is 331. The molecule has 0 aliphatic heterocycles. The summed E-state index contributed by atoms with van der Waals surface area (Å²) in [5.41, 5.74) is 4.87. The highest BCUT2D eigenvalue weighted by Crippen LogP contribution is 2.10. The molecule has 6 heteroatoms. The first kappa shape index (κ1) is 10.5. The molecule has 14 heavy (non-hydrogen) atoms. The number of hydrogen-bond acceptors (Lipinski definition) is 5. The van der Waals surface area contributed by atoms with Gasteiger partial charge in [-0.15, -0.1) is 5.10 Å². The molecule has 1 heterocycles. The fourth-order valence-corrected chi connectivity index (χ4v) is 0.807. The van der Waals surface area contributed by atoms with Gasteiger partial charge >= 0.3 is 5.97 Å². The topological polar surface area (TPSA) is 83.0 Å². The summed E-state index contributed by atoms with van der Waals surface area (Å²) >= 11 is 0. The van der Waals surface area contributed by atoms with Crippen molar-refractivity contribution < 1.29 is 9.53 Å². The zero-order valence-corrected chi connectivity index (χ0v) is 8.74. The molecular formula is C8H14N4O2. The number of rotatable bonds is 1. The molecular weight excluding hydrogens is 184 g/mol. The summed E-state index contributed by atoms with van der Waals surface area (Å²) in [7, 11) is 1.61. The van der Waals surface area contributed by atoms with Gasteiger partial charge in [0.15, 0.2) is 0 Å². The summed E-state index contributed by atoms with van der Waals surface area (Å²) in [6, 6.07) is 0. The zero-order valence-electron chi connectivity index (χ0n) is 8.74. The Labute approximate surface area is 82.1 Å². The van der Waals surface area contributed by atoms with Crippen LogP contribution in [0.25, 0.3) is 0 Å². The highest BCUT2D eigenvalue weighted by Gasteiger charge is 2.21. The summed E-state index contributed by atoms with van der Waals surface area (Å²) in [5.74, 6) is -0.393. The van der Waals surface area contributed by atoms with Crippen molar-refractivity contribution in [2.75, 3.05) is 5.73 Å². The lowest BCUT2D eigenvalue weighted by molar-refractivity contribution is 0.00555. The van der Waals surface area contributed by atoms with Gasteiger partial charge in [-0.1, -0.05) is 0 Å². The Balaban J connectivity index is 2.80. The first-order valence-electron chi connectivity index (χ1n) is 4.19. The van der Waals surface area contributed by atoms with Crippen LogP contribution in [0.1, 0.15) is 31.4 Å². The van der Waals surface area contributed by atoms with Gasteiger partial charge in [-0.05, 0) is 20.8 Å². The average molecular weight is 198 g/mol. The van der Waals surface area contributed by atoms with Crippen molar-refractivity contribution >= 4 is 11.9 Å². The Morgan fingerprint density at radius 2 is 2.07 bits per heavy atom. The smallest absolute Gasteiger partial charge is 0.378 e. The predicted molar refractivity (Wildman–Crippen MR) is 50.6 cm³/mol. The summed E-state index contributed by atoms with van der Waals surface area (Å²) < 4.78 is 6.38.